The number of ether oxygens (including phenoxy) is 2. The van der Waals surface area contributed by atoms with Gasteiger partial charge in [0.15, 0.2) is 11.5 Å². The molecule has 3 aromatic rings. The number of nitrogens with zero attached hydrogens (tertiary/aromatic N) is 1. The van der Waals surface area contributed by atoms with Gasteiger partial charge in [0.25, 0.3) is 5.91 Å². The number of carbonyl (C=O) groups is 1. The fraction of sp³-hybridized carbons (Fsp3) is 0.200. The van der Waals surface area contributed by atoms with Crippen LogP contribution in [-0.4, -0.2) is 19.1 Å². The molecule has 0 aliphatic rings. The quantitative estimate of drug-likeness (QED) is 0.353. The Balaban J connectivity index is 1.83. The van der Waals surface area contributed by atoms with E-state index in [9.17, 15) is 10.1 Å². The molecule has 3 rings (SSSR count). The summed E-state index contributed by atoms with van der Waals surface area (Å²) in [6.45, 7) is 4.06. The summed E-state index contributed by atoms with van der Waals surface area (Å²) in [5, 5.41) is 14.4. The van der Waals surface area contributed by atoms with E-state index in [0.717, 1.165) is 10.9 Å². The topological polar surface area (TPSA) is 71.3 Å². The summed E-state index contributed by atoms with van der Waals surface area (Å²) in [7, 11) is 1.55. The van der Waals surface area contributed by atoms with Crippen LogP contribution in [0.1, 0.15) is 25.0 Å². The molecule has 158 valence electrons. The number of rotatable bonds is 7. The molecule has 0 radical (unpaired) electrons. The first kappa shape index (κ1) is 22.4. The van der Waals surface area contributed by atoms with Crippen LogP contribution in [0, 0.1) is 11.3 Å². The van der Waals surface area contributed by atoms with Crippen molar-refractivity contribution in [3.8, 4) is 17.6 Å². The summed E-state index contributed by atoms with van der Waals surface area (Å²) >= 11 is 3.51. The highest BCUT2D eigenvalue weighted by Crippen LogP contribution is 2.35. The number of nitriles is 1. The molecule has 6 heteroatoms. The molecule has 0 saturated carbocycles. The maximum atomic E-state index is 12.2. The third-order valence-electron chi connectivity index (χ3n) is 4.58. The zero-order valence-corrected chi connectivity index (χ0v) is 19.2. The number of halogens is 1. The average Bonchev–Trinajstić information content (AvgIpc) is 2.76. The number of benzene rings is 3. The van der Waals surface area contributed by atoms with Crippen molar-refractivity contribution in [2.75, 3.05) is 7.11 Å². The first-order valence-corrected chi connectivity index (χ1v) is 10.6. The van der Waals surface area contributed by atoms with Crippen molar-refractivity contribution in [2.24, 2.45) is 0 Å². The van der Waals surface area contributed by atoms with E-state index in [0.29, 0.717) is 28.1 Å². The van der Waals surface area contributed by atoms with Crippen LogP contribution in [-0.2, 0) is 11.4 Å². The van der Waals surface area contributed by atoms with Crippen LogP contribution < -0.4 is 14.8 Å². The Kier molecular flexibility index (Phi) is 7.32. The molecular weight excluding hydrogens is 456 g/mol. The molecule has 0 saturated heterocycles. The standard InChI is InChI=1S/C25H23BrN2O3/c1-16(2)28-25(29)21(14-27)11-20-12-23(30-3)24(13-22(20)26)31-15-17-8-9-18-6-4-5-7-19(18)10-17/h4-13,16H,15H2,1-3H3,(H,28,29)/b21-11-. The number of amides is 1. The molecule has 0 spiro atoms. The first-order valence-electron chi connectivity index (χ1n) is 9.82. The second-order valence-electron chi connectivity index (χ2n) is 7.29. The highest BCUT2D eigenvalue weighted by atomic mass is 79.9. The molecule has 0 bridgehead atoms. The molecule has 0 unspecified atom stereocenters. The van der Waals surface area contributed by atoms with Crippen LogP contribution in [0.5, 0.6) is 11.5 Å². The second-order valence-corrected chi connectivity index (χ2v) is 8.15. The molecule has 3 aromatic carbocycles. The van der Waals surface area contributed by atoms with Crippen LogP contribution in [0.25, 0.3) is 16.8 Å². The van der Waals surface area contributed by atoms with Gasteiger partial charge in [0.1, 0.15) is 18.2 Å². The number of methoxy groups -OCH3 is 1. The van der Waals surface area contributed by atoms with E-state index in [1.54, 1.807) is 19.2 Å². The highest BCUT2D eigenvalue weighted by molar-refractivity contribution is 9.10. The van der Waals surface area contributed by atoms with Gasteiger partial charge in [-0.3, -0.25) is 4.79 Å². The van der Waals surface area contributed by atoms with Gasteiger partial charge < -0.3 is 14.8 Å². The molecular formula is C25H23BrN2O3. The Bertz CT molecular complexity index is 1180. The maximum absolute atomic E-state index is 12.2. The summed E-state index contributed by atoms with van der Waals surface area (Å²) in [4.78, 5) is 12.2. The minimum absolute atomic E-state index is 0.0151. The van der Waals surface area contributed by atoms with Crippen molar-refractivity contribution in [1.82, 2.24) is 5.32 Å². The molecule has 0 atom stereocenters. The van der Waals surface area contributed by atoms with E-state index < -0.39 is 5.91 Å². The summed E-state index contributed by atoms with van der Waals surface area (Å²) in [5.74, 6) is 0.654. The lowest BCUT2D eigenvalue weighted by Crippen LogP contribution is -2.30. The molecule has 0 aliphatic heterocycles. The Morgan fingerprint density at radius 2 is 1.87 bits per heavy atom. The largest absolute Gasteiger partial charge is 0.493 e. The van der Waals surface area contributed by atoms with Crippen molar-refractivity contribution in [1.29, 1.82) is 5.26 Å². The van der Waals surface area contributed by atoms with Crippen molar-refractivity contribution >= 4 is 38.7 Å². The van der Waals surface area contributed by atoms with E-state index in [4.69, 9.17) is 9.47 Å². The van der Waals surface area contributed by atoms with E-state index in [1.165, 1.54) is 11.5 Å². The molecule has 0 heterocycles. The van der Waals surface area contributed by atoms with Gasteiger partial charge >= 0.3 is 0 Å². The van der Waals surface area contributed by atoms with Gasteiger partial charge in [0.05, 0.1) is 7.11 Å². The molecule has 0 fully saturated rings. The number of carbonyl (C=O) groups excluding carboxylic acids is 1. The highest BCUT2D eigenvalue weighted by Gasteiger charge is 2.14. The molecule has 1 N–H and O–H groups in total. The smallest absolute Gasteiger partial charge is 0.262 e. The number of fused-ring (bicyclic) bond motifs is 1. The van der Waals surface area contributed by atoms with Gasteiger partial charge in [-0.2, -0.15) is 5.26 Å². The Hall–Kier alpha value is -3.30. The zero-order valence-electron chi connectivity index (χ0n) is 17.6. The number of hydrogen-bond acceptors (Lipinski definition) is 4. The maximum Gasteiger partial charge on any atom is 0.262 e. The normalized spacial score (nSPS) is 11.3. The van der Waals surface area contributed by atoms with Gasteiger partial charge in [0, 0.05) is 10.5 Å². The summed E-state index contributed by atoms with van der Waals surface area (Å²) in [6.07, 6.45) is 1.53. The van der Waals surface area contributed by atoms with Gasteiger partial charge in [-0.1, -0.05) is 52.3 Å². The molecule has 0 aromatic heterocycles. The van der Waals surface area contributed by atoms with Crippen LogP contribution in [0.4, 0.5) is 0 Å². The third-order valence-corrected chi connectivity index (χ3v) is 5.26. The second kappa shape index (κ2) is 10.1. The first-order chi connectivity index (χ1) is 14.9. The summed E-state index contributed by atoms with van der Waals surface area (Å²) in [6, 6.07) is 19.8. The van der Waals surface area contributed by atoms with Crippen molar-refractivity contribution in [3.63, 3.8) is 0 Å². The van der Waals surface area contributed by atoms with Gasteiger partial charge in [0.2, 0.25) is 0 Å². The van der Waals surface area contributed by atoms with E-state index in [2.05, 4.69) is 45.5 Å². The molecule has 0 aliphatic carbocycles. The average molecular weight is 479 g/mol. The Labute approximate surface area is 190 Å². The van der Waals surface area contributed by atoms with Crippen LogP contribution >= 0.6 is 15.9 Å². The van der Waals surface area contributed by atoms with Crippen LogP contribution in [0.3, 0.4) is 0 Å². The van der Waals surface area contributed by atoms with Crippen molar-refractivity contribution in [3.05, 3.63) is 75.8 Å². The lowest BCUT2D eigenvalue weighted by Gasteiger charge is -2.14. The molecule has 31 heavy (non-hydrogen) atoms. The molecule has 5 nitrogen and oxygen atoms in total. The van der Waals surface area contributed by atoms with Gasteiger partial charge in [-0.05, 0) is 60.0 Å². The van der Waals surface area contributed by atoms with Crippen LogP contribution in [0.2, 0.25) is 0 Å². The lowest BCUT2D eigenvalue weighted by molar-refractivity contribution is -0.117. The van der Waals surface area contributed by atoms with Gasteiger partial charge in [-0.15, -0.1) is 0 Å². The monoisotopic (exact) mass is 478 g/mol. The third kappa shape index (κ3) is 5.65. The van der Waals surface area contributed by atoms with Gasteiger partial charge in [-0.25, -0.2) is 0 Å². The Morgan fingerprint density at radius 3 is 2.55 bits per heavy atom. The molecule has 1 amide bonds. The Morgan fingerprint density at radius 1 is 1.13 bits per heavy atom. The van der Waals surface area contributed by atoms with Crippen molar-refractivity contribution < 1.29 is 14.3 Å². The fourth-order valence-corrected chi connectivity index (χ4v) is 3.50. The number of nitrogens with one attached hydrogen (secondary N) is 1. The van der Waals surface area contributed by atoms with Crippen molar-refractivity contribution in [2.45, 2.75) is 26.5 Å². The number of hydrogen-bond donors (Lipinski definition) is 1. The minimum Gasteiger partial charge on any atom is -0.493 e. The van der Waals surface area contributed by atoms with E-state index in [1.807, 2.05) is 38.1 Å². The van der Waals surface area contributed by atoms with E-state index >= 15 is 0 Å². The zero-order chi connectivity index (χ0) is 22.4. The fourth-order valence-electron chi connectivity index (χ4n) is 3.07. The van der Waals surface area contributed by atoms with E-state index in [-0.39, 0.29) is 11.6 Å². The lowest BCUT2D eigenvalue weighted by atomic mass is 10.1. The summed E-state index contributed by atoms with van der Waals surface area (Å²) in [5.41, 5.74) is 1.70. The summed E-state index contributed by atoms with van der Waals surface area (Å²) < 4.78 is 12.2. The minimum atomic E-state index is -0.417. The predicted molar refractivity (Wildman–Crippen MR) is 126 cm³/mol. The predicted octanol–water partition coefficient (Wildman–Crippen LogP) is 5.62. The van der Waals surface area contributed by atoms with Crippen LogP contribution in [0.15, 0.2) is 64.6 Å². The SMILES string of the molecule is COc1cc(/C=C(/C#N)C(=O)NC(C)C)c(Br)cc1OCc1ccc2ccccc2c1.